The van der Waals surface area contributed by atoms with Gasteiger partial charge in [0, 0.05) is 10.9 Å². The Balaban J connectivity index is 2.10. The molecule has 0 spiro atoms. The van der Waals surface area contributed by atoms with Gasteiger partial charge in [0.25, 0.3) is 0 Å². The number of furan rings is 1. The number of benzene rings is 2. The van der Waals surface area contributed by atoms with Gasteiger partial charge in [0.1, 0.15) is 11.3 Å². The molecule has 1 heterocycles. The largest absolute Gasteiger partial charge is 0.458 e. The van der Waals surface area contributed by atoms with Crippen LogP contribution in [0.2, 0.25) is 0 Å². The third kappa shape index (κ3) is 2.34. The molecule has 0 aliphatic carbocycles. The molecular formula is C15H9BrF3NO. The van der Waals surface area contributed by atoms with Crippen molar-refractivity contribution in [1.82, 2.24) is 0 Å². The molecule has 3 rings (SSSR count). The lowest BCUT2D eigenvalue weighted by Gasteiger charge is -2.10. The van der Waals surface area contributed by atoms with Crippen molar-refractivity contribution in [1.29, 1.82) is 0 Å². The van der Waals surface area contributed by atoms with E-state index in [2.05, 4.69) is 15.9 Å². The zero-order valence-corrected chi connectivity index (χ0v) is 12.1. The number of fused-ring (bicyclic) bond motifs is 1. The van der Waals surface area contributed by atoms with Crippen molar-refractivity contribution in [2.45, 2.75) is 6.04 Å². The summed E-state index contributed by atoms with van der Waals surface area (Å²) in [6.07, 6.45) is 0. The molecule has 0 aliphatic heterocycles. The maximum atomic E-state index is 13.8. The smallest absolute Gasteiger partial charge is 0.194 e. The lowest BCUT2D eigenvalue weighted by molar-refractivity contribution is 0.432. The van der Waals surface area contributed by atoms with Crippen LogP contribution >= 0.6 is 15.9 Å². The van der Waals surface area contributed by atoms with Gasteiger partial charge in [0.15, 0.2) is 17.5 Å². The van der Waals surface area contributed by atoms with Crippen molar-refractivity contribution in [3.63, 3.8) is 0 Å². The van der Waals surface area contributed by atoms with Crippen molar-refractivity contribution < 1.29 is 17.6 Å². The highest BCUT2D eigenvalue weighted by molar-refractivity contribution is 9.10. The van der Waals surface area contributed by atoms with Crippen molar-refractivity contribution >= 4 is 26.9 Å². The van der Waals surface area contributed by atoms with Crippen LogP contribution in [0.25, 0.3) is 11.0 Å². The number of rotatable bonds is 2. The lowest BCUT2D eigenvalue weighted by atomic mass is 10.0. The van der Waals surface area contributed by atoms with Crippen LogP contribution in [0.3, 0.4) is 0 Å². The fraction of sp³-hybridized carbons (Fsp3) is 0.0667. The van der Waals surface area contributed by atoms with Crippen LogP contribution in [0.15, 0.2) is 45.3 Å². The Labute approximate surface area is 126 Å². The average molecular weight is 356 g/mol. The first-order valence-corrected chi connectivity index (χ1v) is 6.85. The molecule has 2 N–H and O–H groups in total. The van der Waals surface area contributed by atoms with Crippen LogP contribution in [0.1, 0.15) is 17.4 Å². The summed E-state index contributed by atoms with van der Waals surface area (Å²) in [7, 11) is 0. The molecule has 0 amide bonds. The van der Waals surface area contributed by atoms with Gasteiger partial charge in [-0.3, -0.25) is 0 Å². The molecule has 1 aromatic heterocycles. The van der Waals surface area contributed by atoms with Gasteiger partial charge in [-0.25, -0.2) is 13.2 Å². The van der Waals surface area contributed by atoms with Crippen molar-refractivity contribution in [2.24, 2.45) is 5.73 Å². The van der Waals surface area contributed by atoms with Gasteiger partial charge < -0.3 is 10.2 Å². The fourth-order valence-corrected chi connectivity index (χ4v) is 2.60. The molecular weight excluding hydrogens is 347 g/mol. The van der Waals surface area contributed by atoms with E-state index in [9.17, 15) is 13.2 Å². The maximum Gasteiger partial charge on any atom is 0.194 e. The minimum absolute atomic E-state index is 0.163. The quantitative estimate of drug-likeness (QED) is 0.679. The van der Waals surface area contributed by atoms with Gasteiger partial charge in [-0.05, 0) is 34.1 Å². The first kappa shape index (κ1) is 14.2. The molecule has 2 aromatic carbocycles. The SMILES string of the molecule is NC(c1cc2cccc(Br)c2o1)c1ccc(F)c(F)c1F. The number of para-hydroxylation sites is 1. The van der Waals surface area contributed by atoms with E-state index in [1.807, 2.05) is 6.07 Å². The van der Waals surface area contributed by atoms with Crippen LogP contribution in [0.4, 0.5) is 13.2 Å². The summed E-state index contributed by atoms with van der Waals surface area (Å²) in [5.74, 6) is -3.83. The highest BCUT2D eigenvalue weighted by atomic mass is 79.9. The fourth-order valence-electron chi connectivity index (χ4n) is 2.13. The van der Waals surface area contributed by atoms with E-state index < -0.39 is 23.5 Å². The van der Waals surface area contributed by atoms with Crippen molar-refractivity contribution in [2.75, 3.05) is 0 Å². The highest BCUT2D eigenvalue weighted by Crippen LogP contribution is 2.32. The molecule has 0 fully saturated rings. The molecule has 1 unspecified atom stereocenters. The van der Waals surface area contributed by atoms with E-state index in [1.165, 1.54) is 0 Å². The van der Waals surface area contributed by atoms with Crippen LogP contribution in [0.5, 0.6) is 0 Å². The van der Waals surface area contributed by atoms with E-state index >= 15 is 0 Å². The minimum Gasteiger partial charge on any atom is -0.458 e. The minimum atomic E-state index is -1.54. The molecule has 0 radical (unpaired) electrons. The Morgan fingerprint density at radius 1 is 1.05 bits per heavy atom. The molecule has 21 heavy (non-hydrogen) atoms. The average Bonchev–Trinajstić information content (AvgIpc) is 2.90. The molecule has 0 bridgehead atoms. The van der Waals surface area contributed by atoms with Crippen LogP contribution in [0, 0.1) is 17.5 Å². The Morgan fingerprint density at radius 2 is 1.81 bits per heavy atom. The van der Waals surface area contributed by atoms with E-state index in [0.29, 0.717) is 5.58 Å². The second-order valence-electron chi connectivity index (χ2n) is 4.55. The summed E-state index contributed by atoms with van der Waals surface area (Å²) in [6, 6.07) is 7.98. The molecule has 3 aromatic rings. The predicted molar refractivity (Wildman–Crippen MR) is 76.3 cm³/mol. The Morgan fingerprint density at radius 3 is 2.52 bits per heavy atom. The second-order valence-corrected chi connectivity index (χ2v) is 5.40. The monoisotopic (exact) mass is 355 g/mol. The summed E-state index contributed by atoms with van der Waals surface area (Å²) in [5, 5.41) is 0.776. The first-order valence-electron chi connectivity index (χ1n) is 6.06. The first-order chi connectivity index (χ1) is 9.99. The normalized spacial score (nSPS) is 12.8. The van der Waals surface area contributed by atoms with Crippen LogP contribution < -0.4 is 5.73 Å². The predicted octanol–water partition coefficient (Wildman–Crippen LogP) is 4.66. The molecule has 108 valence electrons. The zero-order chi connectivity index (χ0) is 15.1. The van der Waals surface area contributed by atoms with Gasteiger partial charge in [0.2, 0.25) is 0 Å². The van der Waals surface area contributed by atoms with Gasteiger partial charge in [-0.15, -0.1) is 0 Å². The second kappa shape index (κ2) is 5.20. The number of hydrogen-bond donors (Lipinski definition) is 1. The molecule has 6 heteroatoms. The number of hydrogen-bond acceptors (Lipinski definition) is 2. The topological polar surface area (TPSA) is 39.2 Å². The number of halogens is 4. The van der Waals surface area contributed by atoms with Crippen molar-refractivity contribution in [3.8, 4) is 0 Å². The van der Waals surface area contributed by atoms with Gasteiger partial charge in [0.05, 0.1) is 10.5 Å². The molecule has 0 saturated carbocycles. The van der Waals surface area contributed by atoms with Gasteiger partial charge >= 0.3 is 0 Å². The molecule has 0 aliphatic rings. The summed E-state index contributed by atoms with van der Waals surface area (Å²) in [5.41, 5.74) is 6.31. The van der Waals surface area contributed by atoms with Gasteiger partial charge in [-0.1, -0.05) is 18.2 Å². The Kier molecular flexibility index (Phi) is 3.51. The lowest BCUT2D eigenvalue weighted by Crippen LogP contribution is -2.14. The standard InChI is InChI=1S/C15H9BrF3NO/c16-9-3-1-2-7-6-11(21-15(7)9)14(20)8-4-5-10(17)13(19)12(8)18/h1-6,14H,20H2. The maximum absolute atomic E-state index is 13.8. The molecule has 2 nitrogen and oxygen atoms in total. The van der Waals surface area contributed by atoms with E-state index in [4.69, 9.17) is 10.2 Å². The summed E-state index contributed by atoms with van der Waals surface area (Å²) >= 11 is 3.33. The summed E-state index contributed by atoms with van der Waals surface area (Å²) in [4.78, 5) is 0. The zero-order valence-electron chi connectivity index (χ0n) is 10.5. The van der Waals surface area contributed by atoms with Crippen LogP contribution in [-0.2, 0) is 0 Å². The number of nitrogens with two attached hydrogens (primary N) is 1. The molecule has 1 atom stereocenters. The van der Waals surface area contributed by atoms with E-state index in [-0.39, 0.29) is 11.3 Å². The van der Waals surface area contributed by atoms with Crippen LogP contribution in [-0.4, -0.2) is 0 Å². The third-order valence-corrected chi connectivity index (χ3v) is 3.85. The Hall–Kier alpha value is -1.79. The molecule has 0 saturated heterocycles. The van der Waals surface area contributed by atoms with Gasteiger partial charge in [-0.2, -0.15) is 0 Å². The van der Waals surface area contributed by atoms with Crippen molar-refractivity contribution in [3.05, 3.63) is 69.6 Å². The summed E-state index contributed by atoms with van der Waals surface area (Å²) in [6.45, 7) is 0. The summed E-state index contributed by atoms with van der Waals surface area (Å²) < 4.78 is 46.4. The van der Waals surface area contributed by atoms with E-state index in [0.717, 1.165) is 22.0 Å². The Bertz CT molecular complexity index is 831. The highest BCUT2D eigenvalue weighted by Gasteiger charge is 2.22. The third-order valence-electron chi connectivity index (χ3n) is 3.22. The van der Waals surface area contributed by atoms with E-state index in [1.54, 1.807) is 18.2 Å².